The van der Waals surface area contributed by atoms with Gasteiger partial charge in [0.25, 0.3) is 0 Å². The molecule has 2 saturated heterocycles. The number of anilines is 1. The minimum atomic E-state index is -4.72. The summed E-state index contributed by atoms with van der Waals surface area (Å²) in [4.78, 5) is 2.16. The Labute approximate surface area is 215 Å². The Morgan fingerprint density at radius 2 is 1.69 bits per heavy atom. The summed E-state index contributed by atoms with van der Waals surface area (Å²) in [5.41, 5.74) is -1.69. The molecule has 1 saturated carbocycles. The Morgan fingerprint density at radius 1 is 1.03 bits per heavy atom. The molecule has 1 N–H and O–H groups in total. The summed E-state index contributed by atoms with van der Waals surface area (Å²) in [6, 6.07) is 4.06. The van der Waals surface area contributed by atoms with Gasteiger partial charge in [-0.3, -0.25) is 0 Å². The molecular weight excluding hydrogens is 493 g/mol. The molecule has 1 aromatic carbocycles. The normalized spacial score (nSPS) is 25.8. The summed E-state index contributed by atoms with van der Waals surface area (Å²) < 4.78 is 60.8. The fourth-order valence-corrected chi connectivity index (χ4v) is 6.12. The highest BCUT2D eigenvalue weighted by atomic mass is 35.5. The van der Waals surface area contributed by atoms with E-state index in [0.717, 1.165) is 57.0 Å². The molecule has 1 aromatic heterocycles. The Kier molecular flexibility index (Phi) is 7.02. The van der Waals surface area contributed by atoms with Crippen LogP contribution in [0.1, 0.15) is 31.2 Å². The van der Waals surface area contributed by atoms with Crippen molar-refractivity contribution in [3.8, 4) is 11.3 Å². The summed E-state index contributed by atoms with van der Waals surface area (Å²) in [7, 11) is 13.1. The molecule has 3 fully saturated rings. The maximum Gasteiger partial charge on any atom is 0.418 e. The predicted molar refractivity (Wildman–Crippen MR) is 130 cm³/mol. The van der Waals surface area contributed by atoms with Crippen molar-refractivity contribution in [1.82, 2.24) is 15.1 Å². The van der Waals surface area contributed by atoms with Gasteiger partial charge in [-0.15, -0.1) is 10.2 Å². The third kappa shape index (κ3) is 5.11. The SMILES string of the molecule is [B]C([B])(C1CCOCC1)N1C[C@H]2CC(Nc3cc(C(F)(F)F)c(-c4cc(F)ccc4Cl)nn3)C[C@H]2C1. The van der Waals surface area contributed by atoms with E-state index in [0.29, 0.717) is 25.0 Å². The zero-order valence-corrected chi connectivity index (χ0v) is 20.3. The molecule has 12 heteroatoms. The van der Waals surface area contributed by atoms with Gasteiger partial charge < -0.3 is 15.0 Å². The smallest absolute Gasteiger partial charge is 0.381 e. The molecule has 188 valence electrons. The van der Waals surface area contributed by atoms with Crippen molar-refractivity contribution in [3.63, 3.8) is 0 Å². The lowest BCUT2D eigenvalue weighted by Crippen LogP contribution is -2.56. The number of ether oxygens (including phenoxy) is 1. The fourth-order valence-electron chi connectivity index (χ4n) is 5.92. The summed E-state index contributed by atoms with van der Waals surface area (Å²) in [6.07, 6.45) is -1.52. The molecule has 2 aromatic rings. The van der Waals surface area contributed by atoms with E-state index in [1.807, 2.05) is 0 Å². The van der Waals surface area contributed by atoms with E-state index in [4.69, 9.17) is 32.0 Å². The van der Waals surface area contributed by atoms with E-state index in [1.165, 1.54) is 6.07 Å². The maximum absolute atomic E-state index is 13.9. The van der Waals surface area contributed by atoms with Crippen molar-refractivity contribution in [1.29, 1.82) is 0 Å². The Hall–Kier alpha value is -1.84. The van der Waals surface area contributed by atoms with Crippen LogP contribution in [0, 0.1) is 23.6 Å². The number of fused-ring (bicyclic) bond motifs is 1. The van der Waals surface area contributed by atoms with Crippen LogP contribution in [0.25, 0.3) is 11.3 Å². The van der Waals surface area contributed by atoms with Crippen molar-refractivity contribution in [2.75, 3.05) is 31.6 Å². The lowest BCUT2D eigenvalue weighted by atomic mass is 9.52. The number of nitrogens with one attached hydrogen (secondary N) is 1. The van der Waals surface area contributed by atoms with Gasteiger partial charge in [0.2, 0.25) is 0 Å². The van der Waals surface area contributed by atoms with Crippen LogP contribution in [-0.2, 0) is 10.9 Å². The van der Waals surface area contributed by atoms with Crippen molar-refractivity contribution in [3.05, 3.63) is 40.7 Å². The minimum Gasteiger partial charge on any atom is -0.381 e. The van der Waals surface area contributed by atoms with Gasteiger partial charge in [0.15, 0.2) is 0 Å². The lowest BCUT2D eigenvalue weighted by Gasteiger charge is -2.45. The Bertz CT molecular complexity index is 1100. The Balaban J connectivity index is 1.28. The number of rotatable bonds is 5. The predicted octanol–water partition coefficient (Wildman–Crippen LogP) is 4.49. The summed E-state index contributed by atoms with van der Waals surface area (Å²) in [6.45, 7) is 2.84. The summed E-state index contributed by atoms with van der Waals surface area (Å²) >= 11 is 6.03. The number of aromatic nitrogens is 2. The van der Waals surface area contributed by atoms with Crippen LogP contribution >= 0.6 is 11.6 Å². The molecule has 3 heterocycles. The Morgan fingerprint density at radius 3 is 2.33 bits per heavy atom. The molecule has 5 rings (SSSR count). The van der Waals surface area contributed by atoms with Crippen LogP contribution in [0.2, 0.25) is 5.02 Å². The second-order valence-electron chi connectivity index (χ2n) is 10.1. The molecule has 2 aliphatic heterocycles. The van der Waals surface area contributed by atoms with Gasteiger partial charge >= 0.3 is 6.18 Å². The average Bonchev–Trinajstić information content (AvgIpc) is 3.40. The molecule has 4 radical (unpaired) electrons. The van der Waals surface area contributed by atoms with Crippen molar-refractivity contribution in [2.45, 2.75) is 43.2 Å². The van der Waals surface area contributed by atoms with Gasteiger partial charge in [-0.1, -0.05) is 16.9 Å². The highest BCUT2D eigenvalue weighted by Gasteiger charge is 2.46. The lowest BCUT2D eigenvalue weighted by molar-refractivity contribution is -0.137. The molecule has 0 spiro atoms. The third-order valence-electron chi connectivity index (χ3n) is 7.81. The summed E-state index contributed by atoms with van der Waals surface area (Å²) in [5, 5.41) is 9.96. The molecule has 0 bridgehead atoms. The van der Waals surface area contributed by atoms with Crippen LogP contribution < -0.4 is 5.32 Å². The van der Waals surface area contributed by atoms with Gasteiger partial charge in [0, 0.05) is 37.9 Å². The first-order chi connectivity index (χ1) is 17.0. The van der Waals surface area contributed by atoms with Crippen molar-refractivity contribution >= 4 is 33.1 Å². The van der Waals surface area contributed by atoms with Gasteiger partial charge in [-0.05, 0) is 67.7 Å². The number of hydrogen-bond acceptors (Lipinski definition) is 5. The first-order valence-electron chi connectivity index (χ1n) is 12.1. The molecule has 3 aliphatic rings. The quantitative estimate of drug-likeness (QED) is 0.467. The number of hydrogen-bond donors (Lipinski definition) is 1. The van der Waals surface area contributed by atoms with E-state index in [-0.39, 0.29) is 28.4 Å². The molecular formula is C24H25B2ClF4N4O. The molecule has 1 unspecified atom stereocenters. The van der Waals surface area contributed by atoms with Gasteiger partial charge in [-0.2, -0.15) is 13.2 Å². The fraction of sp³-hybridized carbons (Fsp3) is 0.583. The average molecular weight is 519 g/mol. The number of nitrogens with zero attached hydrogens (tertiary/aromatic N) is 3. The van der Waals surface area contributed by atoms with E-state index < -0.39 is 28.6 Å². The maximum atomic E-state index is 13.9. The zero-order chi connectivity index (χ0) is 25.7. The van der Waals surface area contributed by atoms with Crippen molar-refractivity contribution in [2.24, 2.45) is 17.8 Å². The standard InChI is InChI=1S/C24H25B2ClF4N4O/c25-23(26,15-3-5-36-6-4-15)35-11-13-7-17(8-14(13)12-35)32-21-10-19(24(29,30)31)22(34-33-21)18-9-16(28)1-2-20(18)27/h1-2,9-10,13-15,17H,3-8,11-12H2,(H,32,33)/t13-,14+,17?. The first-order valence-corrected chi connectivity index (χ1v) is 12.5. The molecule has 5 nitrogen and oxygen atoms in total. The molecule has 1 aliphatic carbocycles. The van der Waals surface area contributed by atoms with Crippen LogP contribution in [0.15, 0.2) is 24.3 Å². The highest BCUT2D eigenvalue weighted by molar-refractivity contribution is 6.40. The number of benzene rings is 1. The van der Waals surface area contributed by atoms with Crippen LogP contribution in [0.3, 0.4) is 0 Å². The number of alkyl halides is 3. The van der Waals surface area contributed by atoms with Gasteiger partial charge in [-0.25, -0.2) is 4.39 Å². The number of halogens is 5. The minimum absolute atomic E-state index is 0.0228. The summed E-state index contributed by atoms with van der Waals surface area (Å²) in [5.74, 6) is 0.159. The third-order valence-corrected chi connectivity index (χ3v) is 8.14. The molecule has 3 atom stereocenters. The second kappa shape index (κ2) is 9.80. The van der Waals surface area contributed by atoms with Crippen LogP contribution in [0.5, 0.6) is 0 Å². The van der Waals surface area contributed by atoms with Crippen molar-refractivity contribution < 1.29 is 22.3 Å². The van der Waals surface area contributed by atoms with E-state index in [2.05, 4.69) is 20.4 Å². The van der Waals surface area contributed by atoms with E-state index in [1.54, 1.807) is 0 Å². The van der Waals surface area contributed by atoms with Crippen LogP contribution in [-0.4, -0.2) is 68.5 Å². The largest absolute Gasteiger partial charge is 0.418 e. The molecule has 36 heavy (non-hydrogen) atoms. The second-order valence-corrected chi connectivity index (χ2v) is 10.5. The number of likely N-dealkylation sites (tertiary alicyclic amines) is 1. The van der Waals surface area contributed by atoms with E-state index in [9.17, 15) is 17.6 Å². The van der Waals surface area contributed by atoms with Crippen LogP contribution in [0.4, 0.5) is 23.4 Å². The van der Waals surface area contributed by atoms with Gasteiger partial charge in [0.05, 0.1) is 26.3 Å². The molecule has 0 amide bonds. The monoisotopic (exact) mass is 518 g/mol. The topological polar surface area (TPSA) is 50.3 Å². The highest BCUT2D eigenvalue weighted by Crippen LogP contribution is 2.44. The van der Waals surface area contributed by atoms with E-state index >= 15 is 0 Å². The zero-order valence-electron chi connectivity index (χ0n) is 19.6. The first kappa shape index (κ1) is 25.8. The van der Waals surface area contributed by atoms with Gasteiger partial charge in [0.1, 0.15) is 17.3 Å².